The number of halogens is 3. The van der Waals surface area contributed by atoms with Crippen molar-refractivity contribution in [2.75, 3.05) is 6.54 Å². The van der Waals surface area contributed by atoms with E-state index in [0.29, 0.717) is 11.3 Å². The number of rotatable bonds is 1. The summed E-state index contributed by atoms with van der Waals surface area (Å²) in [5.41, 5.74) is 0. The van der Waals surface area contributed by atoms with Gasteiger partial charge in [-0.3, -0.25) is 9.59 Å². The predicted molar refractivity (Wildman–Crippen MR) is 47.6 cm³/mol. The van der Waals surface area contributed by atoms with Gasteiger partial charge in [0.05, 0.1) is 5.92 Å². The molecule has 0 aromatic heterocycles. The number of carboxylic acids is 1. The van der Waals surface area contributed by atoms with E-state index < -0.39 is 30.0 Å². The van der Waals surface area contributed by atoms with Gasteiger partial charge < -0.3 is 10.0 Å². The normalized spacial score (nSPS) is 26.6. The van der Waals surface area contributed by atoms with Crippen molar-refractivity contribution < 1.29 is 27.9 Å². The number of alkyl halides is 3. The SMILES string of the molecule is CC1CCC(C(=O)O)CN1C(=O)C(F)(F)F. The van der Waals surface area contributed by atoms with Gasteiger partial charge in [-0.1, -0.05) is 0 Å². The first-order chi connectivity index (χ1) is 7.23. The van der Waals surface area contributed by atoms with Crippen molar-refractivity contribution in [2.45, 2.75) is 32.0 Å². The molecule has 7 heteroatoms. The number of hydrogen-bond donors (Lipinski definition) is 1. The molecule has 1 N–H and O–H groups in total. The number of piperidine rings is 1. The molecule has 16 heavy (non-hydrogen) atoms. The van der Waals surface area contributed by atoms with Gasteiger partial charge in [-0.15, -0.1) is 0 Å². The minimum absolute atomic E-state index is 0.277. The third-order valence-electron chi connectivity index (χ3n) is 2.73. The minimum atomic E-state index is -4.94. The zero-order chi connectivity index (χ0) is 12.5. The summed E-state index contributed by atoms with van der Waals surface area (Å²) in [6.07, 6.45) is -4.36. The van der Waals surface area contributed by atoms with Gasteiger partial charge in [0.25, 0.3) is 0 Å². The number of carbonyl (C=O) groups excluding carboxylic acids is 1. The molecule has 92 valence electrons. The Morgan fingerprint density at radius 2 is 1.88 bits per heavy atom. The predicted octanol–water partition coefficient (Wildman–Crippen LogP) is 1.26. The van der Waals surface area contributed by atoms with Crippen LogP contribution in [0, 0.1) is 5.92 Å². The summed E-state index contributed by atoms with van der Waals surface area (Å²) in [5.74, 6) is -4.01. The van der Waals surface area contributed by atoms with E-state index in [-0.39, 0.29) is 13.0 Å². The van der Waals surface area contributed by atoms with Gasteiger partial charge in [0, 0.05) is 12.6 Å². The fourth-order valence-electron chi connectivity index (χ4n) is 1.75. The van der Waals surface area contributed by atoms with Gasteiger partial charge in [0.2, 0.25) is 0 Å². The molecule has 1 fully saturated rings. The summed E-state index contributed by atoms with van der Waals surface area (Å²) in [6, 6.07) is -0.565. The lowest BCUT2D eigenvalue weighted by atomic mass is 9.93. The van der Waals surface area contributed by atoms with E-state index in [0.717, 1.165) is 0 Å². The molecule has 1 aliphatic heterocycles. The molecule has 0 saturated carbocycles. The van der Waals surface area contributed by atoms with Crippen molar-refractivity contribution in [1.29, 1.82) is 0 Å². The minimum Gasteiger partial charge on any atom is -0.481 e. The highest BCUT2D eigenvalue weighted by Gasteiger charge is 2.46. The first-order valence-corrected chi connectivity index (χ1v) is 4.84. The highest BCUT2D eigenvalue weighted by Crippen LogP contribution is 2.27. The molecule has 0 aliphatic carbocycles. The Labute approximate surface area is 90.0 Å². The molecule has 1 saturated heterocycles. The standard InChI is InChI=1S/C9H12F3NO3/c1-5-2-3-6(7(14)15)4-13(5)8(16)9(10,11)12/h5-6H,2-4H2,1H3,(H,14,15). The number of carboxylic acid groups (broad SMARTS) is 1. The molecule has 0 bridgehead atoms. The second-order valence-corrected chi connectivity index (χ2v) is 3.92. The number of amides is 1. The van der Waals surface area contributed by atoms with Crippen molar-refractivity contribution in [1.82, 2.24) is 4.90 Å². The van der Waals surface area contributed by atoms with E-state index in [1.54, 1.807) is 0 Å². The lowest BCUT2D eigenvalue weighted by Crippen LogP contribution is -2.51. The van der Waals surface area contributed by atoms with Gasteiger partial charge in [0.15, 0.2) is 0 Å². The zero-order valence-electron chi connectivity index (χ0n) is 8.62. The van der Waals surface area contributed by atoms with Crippen LogP contribution in [0.3, 0.4) is 0 Å². The van der Waals surface area contributed by atoms with E-state index in [1.165, 1.54) is 6.92 Å². The topological polar surface area (TPSA) is 57.6 Å². The molecule has 0 aromatic rings. The lowest BCUT2D eigenvalue weighted by Gasteiger charge is -2.36. The summed E-state index contributed by atoms with van der Waals surface area (Å²) in [7, 11) is 0. The van der Waals surface area contributed by atoms with Crippen LogP contribution in [0.15, 0.2) is 0 Å². The summed E-state index contributed by atoms with van der Waals surface area (Å²) in [4.78, 5) is 22.3. The largest absolute Gasteiger partial charge is 0.481 e. The van der Waals surface area contributed by atoms with Gasteiger partial charge in [-0.25, -0.2) is 0 Å². The summed E-state index contributed by atoms with van der Waals surface area (Å²) >= 11 is 0. The summed E-state index contributed by atoms with van der Waals surface area (Å²) in [6.45, 7) is 1.12. The Bertz CT molecular complexity index is 303. The van der Waals surface area contributed by atoms with Crippen molar-refractivity contribution in [2.24, 2.45) is 5.92 Å². The highest BCUT2D eigenvalue weighted by molar-refractivity contribution is 5.83. The maximum absolute atomic E-state index is 12.2. The second-order valence-electron chi connectivity index (χ2n) is 3.92. The van der Waals surface area contributed by atoms with Gasteiger partial charge >= 0.3 is 18.1 Å². The van der Waals surface area contributed by atoms with Crippen molar-refractivity contribution in [3.63, 3.8) is 0 Å². The number of aliphatic carboxylic acids is 1. The van der Waals surface area contributed by atoms with Gasteiger partial charge in [0.1, 0.15) is 0 Å². The number of carbonyl (C=O) groups is 2. The van der Waals surface area contributed by atoms with Crippen LogP contribution in [0.25, 0.3) is 0 Å². The Hall–Kier alpha value is -1.27. The van der Waals surface area contributed by atoms with Crippen LogP contribution < -0.4 is 0 Å². The molecule has 2 unspecified atom stereocenters. The van der Waals surface area contributed by atoms with Crippen LogP contribution in [-0.2, 0) is 9.59 Å². The highest BCUT2D eigenvalue weighted by atomic mass is 19.4. The molecule has 1 rings (SSSR count). The van der Waals surface area contributed by atoms with E-state index in [1.807, 2.05) is 0 Å². The summed E-state index contributed by atoms with van der Waals surface area (Å²) < 4.78 is 36.6. The Morgan fingerprint density at radius 3 is 2.31 bits per heavy atom. The third-order valence-corrected chi connectivity index (χ3v) is 2.73. The first-order valence-electron chi connectivity index (χ1n) is 4.84. The number of likely N-dealkylation sites (tertiary alicyclic amines) is 1. The maximum atomic E-state index is 12.2. The summed E-state index contributed by atoms with van der Waals surface area (Å²) in [5, 5.41) is 8.71. The fourth-order valence-corrected chi connectivity index (χ4v) is 1.75. The average molecular weight is 239 g/mol. The van der Waals surface area contributed by atoms with E-state index in [4.69, 9.17) is 5.11 Å². The molecule has 1 heterocycles. The zero-order valence-corrected chi connectivity index (χ0v) is 8.62. The van der Waals surface area contributed by atoms with E-state index in [2.05, 4.69) is 0 Å². The first kappa shape index (κ1) is 12.8. The van der Waals surface area contributed by atoms with Crippen LogP contribution in [0.5, 0.6) is 0 Å². The smallest absolute Gasteiger partial charge is 0.471 e. The monoisotopic (exact) mass is 239 g/mol. The van der Waals surface area contributed by atoms with Crippen molar-refractivity contribution in [3.05, 3.63) is 0 Å². The molecular formula is C9H12F3NO3. The lowest BCUT2D eigenvalue weighted by molar-refractivity contribution is -0.190. The molecule has 1 aliphatic rings. The van der Waals surface area contributed by atoms with Crippen LogP contribution in [-0.4, -0.2) is 40.6 Å². The van der Waals surface area contributed by atoms with E-state index >= 15 is 0 Å². The van der Waals surface area contributed by atoms with Crippen molar-refractivity contribution >= 4 is 11.9 Å². The van der Waals surface area contributed by atoms with Crippen LogP contribution >= 0.6 is 0 Å². The van der Waals surface area contributed by atoms with Crippen LogP contribution in [0.1, 0.15) is 19.8 Å². The third kappa shape index (κ3) is 2.65. The van der Waals surface area contributed by atoms with Gasteiger partial charge in [-0.05, 0) is 19.8 Å². The molecular weight excluding hydrogens is 227 g/mol. The van der Waals surface area contributed by atoms with Crippen LogP contribution in [0.4, 0.5) is 13.2 Å². The molecule has 0 spiro atoms. The number of nitrogens with zero attached hydrogens (tertiary/aromatic N) is 1. The van der Waals surface area contributed by atoms with Gasteiger partial charge in [-0.2, -0.15) is 13.2 Å². The Kier molecular flexibility index (Phi) is 3.44. The van der Waals surface area contributed by atoms with Crippen LogP contribution in [0.2, 0.25) is 0 Å². The quantitative estimate of drug-likeness (QED) is 0.749. The van der Waals surface area contributed by atoms with Crippen molar-refractivity contribution in [3.8, 4) is 0 Å². The molecule has 0 radical (unpaired) electrons. The molecule has 2 atom stereocenters. The fraction of sp³-hybridized carbons (Fsp3) is 0.778. The molecule has 1 amide bonds. The second kappa shape index (κ2) is 4.31. The molecule has 4 nitrogen and oxygen atoms in total. The maximum Gasteiger partial charge on any atom is 0.471 e. The average Bonchev–Trinajstić information content (AvgIpc) is 2.15. The Morgan fingerprint density at radius 1 is 1.31 bits per heavy atom. The number of hydrogen-bond acceptors (Lipinski definition) is 2. The molecule has 0 aromatic carbocycles. The Balaban J connectivity index is 2.78. The van der Waals surface area contributed by atoms with E-state index in [9.17, 15) is 22.8 Å².